The van der Waals surface area contributed by atoms with Crippen LogP contribution in [0.4, 0.5) is 0 Å². The maximum absolute atomic E-state index is 9.03. The zero-order valence-corrected chi connectivity index (χ0v) is 8.51. The van der Waals surface area contributed by atoms with E-state index >= 15 is 0 Å². The van der Waals surface area contributed by atoms with Gasteiger partial charge >= 0.3 is 0 Å². The van der Waals surface area contributed by atoms with Gasteiger partial charge in [-0.2, -0.15) is 5.26 Å². The first kappa shape index (κ1) is 9.29. The van der Waals surface area contributed by atoms with E-state index in [-0.39, 0.29) is 5.41 Å². The van der Waals surface area contributed by atoms with Crippen molar-refractivity contribution in [2.24, 2.45) is 0 Å². The second-order valence-electron chi connectivity index (χ2n) is 3.38. The topological polar surface area (TPSA) is 45.9 Å². The monoisotopic (exact) mass is 208 g/mol. The van der Waals surface area contributed by atoms with Crippen molar-refractivity contribution in [1.82, 2.24) is 4.98 Å². The molecule has 0 atom stereocenters. The van der Waals surface area contributed by atoms with E-state index in [2.05, 4.69) is 11.1 Å². The van der Waals surface area contributed by atoms with Gasteiger partial charge in [0.15, 0.2) is 0 Å². The highest BCUT2D eigenvalue weighted by Crippen LogP contribution is 2.50. The Hall–Kier alpha value is -1.27. The van der Waals surface area contributed by atoms with E-state index < -0.39 is 0 Å². The summed E-state index contributed by atoms with van der Waals surface area (Å²) in [7, 11) is 1.54. The van der Waals surface area contributed by atoms with Crippen LogP contribution in [-0.4, -0.2) is 12.1 Å². The van der Waals surface area contributed by atoms with Crippen LogP contribution in [0.15, 0.2) is 12.1 Å². The third-order valence-corrected chi connectivity index (χ3v) is 2.71. The molecule has 0 radical (unpaired) electrons. The summed E-state index contributed by atoms with van der Waals surface area (Å²) in [5.41, 5.74) is 0.482. The minimum Gasteiger partial charge on any atom is -0.481 e. The van der Waals surface area contributed by atoms with Gasteiger partial charge in [0.05, 0.1) is 18.6 Å². The number of hydrogen-bond donors (Lipinski definition) is 0. The Morgan fingerprint density at radius 3 is 2.79 bits per heavy atom. The van der Waals surface area contributed by atoms with E-state index in [1.807, 2.05) is 6.07 Å². The second-order valence-corrected chi connectivity index (χ2v) is 3.77. The molecule has 0 N–H and O–H groups in total. The number of pyridine rings is 1. The zero-order chi connectivity index (χ0) is 10.2. The minimum absolute atomic E-state index is 0.372. The molecule has 0 bridgehead atoms. The van der Waals surface area contributed by atoms with Crippen molar-refractivity contribution in [3.63, 3.8) is 0 Å². The van der Waals surface area contributed by atoms with Gasteiger partial charge < -0.3 is 4.74 Å². The lowest BCUT2D eigenvalue weighted by molar-refractivity contribution is 0.390. The molecular formula is C10H9ClN2O. The van der Waals surface area contributed by atoms with E-state index in [0.717, 1.165) is 18.4 Å². The van der Waals surface area contributed by atoms with Crippen molar-refractivity contribution in [3.05, 3.63) is 22.8 Å². The van der Waals surface area contributed by atoms with Crippen LogP contribution in [0.25, 0.3) is 0 Å². The molecule has 1 fully saturated rings. The normalized spacial score (nSPS) is 17.2. The lowest BCUT2D eigenvalue weighted by Gasteiger charge is -2.10. The summed E-state index contributed by atoms with van der Waals surface area (Å²) in [6.45, 7) is 0. The van der Waals surface area contributed by atoms with Crippen LogP contribution < -0.4 is 4.74 Å². The molecule has 0 unspecified atom stereocenters. The van der Waals surface area contributed by atoms with Crippen molar-refractivity contribution >= 4 is 11.6 Å². The van der Waals surface area contributed by atoms with Crippen LogP contribution in [-0.2, 0) is 5.41 Å². The van der Waals surface area contributed by atoms with Crippen LogP contribution in [0.5, 0.6) is 5.88 Å². The average molecular weight is 209 g/mol. The summed E-state index contributed by atoms with van der Waals surface area (Å²) in [6.07, 6.45) is 1.76. The number of rotatable bonds is 2. The molecule has 1 aliphatic carbocycles. The Labute approximate surface area is 87.3 Å². The average Bonchev–Trinajstić information content (AvgIpc) is 2.98. The fourth-order valence-corrected chi connectivity index (χ4v) is 1.64. The van der Waals surface area contributed by atoms with E-state index in [0.29, 0.717) is 11.0 Å². The molecule has 2 rings (SSSR count). The Morgan fingerprint density at radius 1 is 1.57 bits per heavy atom. The molecule has 3 nitrogen and oxygen atoms in total. The first-order valence-electron chi connectivity index (χ1n) is 4.34. The van der Waals surface area contributed by atoms with Crippen molar-refractivity contribution in [2.75, 3.05) is 7.11 Å². The van der Waals surface area contributed by atoms with Crippen LogP contribution in [0.1, 0.15) is 18.4 Å². The summed E-state index contributed by atoms with van der Waals surface area (Å²) in [5.74, 6) is 0.469. The third-order valence-electron chi connectivity index (χ3n) is 2.50. The molecule has 0 aromatic carbocycles. The summed E-state index contributed by atoms with van der Waals surface area (Å²) in [5, 5.41) is 9.42. The molecule has 0 spiro atoms. The van der Waals surface area contributed by atoms with Crippen molar-refractivity contribution in [3.8, 4) is 11.9 Å². The maximum Gasteiger partial charge on any atom is 0.219 e. The van der Waals surface area contributed by atoms with Gasteiger partial charge in [-0.15, -0.1) is 0 Å². The first-order valence-corrected chi connectivity index (χ1v) is 4.72. The third kappa shape index (κ3) is 1.32. The number of nitriles is 1. The van der Waals surface area contributed by atoms with Gasteiger partial charge in [0.2, 0.25) is 5.88 Å². The Morgan fingerprint density at radius 2 is 2.29 bits per heavy atom. The standard InChI is InChI=1S/C10H9ClN2O/c1-14-9-7(2-3-8(11)13-9)10(6-12)4-5-10/h2-3H,4-5H2,1H3. The van der Waals surface area contributed by atoms with E-state index in [4.69, 9.17) is 21.6 Å². The van der Waals surface area contributed by atoms with Gasteiger partial charge in [-0.25, -0.2) is 4.98 Å². The van der Waals surface area contributed by atoms with Crippen LogP contribution >= 0.6 is 11.6 Å². The molecule has 1 aromatic rings. The fraction of sp³-hybridized carbons (Fsp3) is 0.400. The molecule has 1 aromatic heterocycles. The number of aromatic nitrogens is 1. The molecule has 0 saturated heterocycles. The summed E-state index contributed by atoms with van der Waals surface area (Å²) in [4.78, 5) is 4.04. The molecule has 1 saturated carbocycles. The van der Waals surface area contributed by atoms with Gasteiger partial charge in [0.25, 0.3) is 0 Å². The SMILES string of the molecule is COc1nc(Cl)ccc1C1(C#N)CC1. The molecule has 0 amide bonds. The molecule has 14 heavy (non-hydrogen) atoms. The van der Waals surface area contributed by atoms with Crippen LogP contribution in [0.2, 0.25) is 5.15 Å². The van der Waals surface area contributed by atoms with Crippen LogP contribution in [0, 0.1) is 11.3 Å². The van der Waals surface area contributed by atoms with Gasteiger partial charge in [-0.05, 0) is 25.0 Å². The molecule has 0 aliphatic heterocycles. The number of halogens is 1. The molecule has 1 aliphatic rings. The first-order chi connectivity index (χ1) is 6.72. The highest BCUT2D eigenvalue weighted by molar-refractivity contribution is 6.29. The van der Waals surface area contributed by atoms with Crippen molar-refractivity contribution in [2.45, 2.75) is 18.3 Å². The highest BCUT2D eigenvalue weighted by atomic mass is 35.5. The Bertz CT molecular complexity index is 407. The fourth-order valence-electron chi connectivity index (χ4n) is 1.50. The quantitative estimate of drug-likeness (QED) is 0.701. The lowest BCUT2D eigenvalue weighted by Crippen LogP contribution is -2.06. The van der Waals surface area contributed by atoms with Crippen LogP contribution in [0.3, 0.4) is 0 Å². The molecule has 72 valence electrons. The zero-order valence-electron chi connectivity index (χ0n) is 7.75. The summed E-state index contributed by atoms with van der Waals surface area (Å²) >= 11 is 5.74. The number of ether oxygens (including phenoxy) is 1. The summed E-state index contributed by atoms with van der Waals surface area (Å²) in [6, 6.07) is 5.81. The second kappa shape index (κ2) is 3.14. The minimum atomic E-state index is -0.372. The Balaban J connectivity index is 2.49. The van der Waals surface area contributed by atoms with E-state index in [1.165, 1.54) is 7.11 Å². The van der Waals surface area contributed by atoms with Crippen molar-refractivity contribution in [1.29, 1.82) is 5.26 Å². The van der Waals surface area contributed by atoms with Crippen molar-refractivity contribution < 1.29 is 4.74 Å². The lowest BCUT2D eigenvalue weighted by atomic mass is 9.99. The predicted molar refractivity (Wildman–Crippen MR) is 52.3 cm³/mol. The predicted octanol–water partition coefficient (Wildman–Crippen LogP) is 2.30. The van der Waals surface area contributed by atoms with Gasteiger partial charge in [-0.3, -0.25) is 0 Å². The number of nitrogens with zero attached hydrogens (tertiary/aromatic N) is 2. The van der Waals surface area contributed by atoms with E-state index in [1.54, 1.807) is 6.07 Å². The number of hydrogen-bond acceptors (Lipinski definition) is 3. The molecular weight excluding hydrogens is 200 g/mol. The molecule has 4 heteroatoms. The number of methoxy groups -OCH3 is 1. The summed E-state index contributed by atoms with van der Waals surface area (Å²) < 4.78 is 5.11. The van der Waals surface area contributed by atoms with Gasteiger partial charge in [0, 0.05) is 5.56 Å². The van der Waals surface area contributed by atoms with E-state index in [9.17, 15) is 0 Å². The molecule has 1 heterocycles. The Kier molecular flexibility index (Phi) is 2.09. The van der Waals surface area contributed by atoms with Gasteiger partial charge in [0.1, 0.15) is 5.15 Å². The van der Waals surface area contributed by atoms with Gasteiger partial charge in [-0.1, -0.05) is 11.6 Å². The maximum atomic E-state index is 9.03. The largest absolute Gasteiger partial charge is 0.481 e. The smallest absolute Gasteiger partial charge is 0.219 e. The highest BCUT2D eigenvalue weighted by Gasteiger charge is 2.47.